The summed E-state index contributed by atoms with van der Waals surface area (Å²) in [4.78, 5) is 2.43. The number of nitrogens with one attached hydrogen (secondary N) is 1. The third kappa shape index (κ3) is 2.63. The van der Waals surface area contributed by atoms with Crippen LogP contribution >= 0.6 is 0 Å². The molecule has 1 N–H and O–H groups in total. The largest absolute Gasteiger partial charge is 0.316 e. The first kappa shape index (κ1) is 11.6. The maximum absolute atomic E-state index is 3.40. The minimum atomic E-state index is 0.630. The van der Waals surface area contributed by atoms with Crippen LogP contribution in [0.2, 0.25) is 0 Å². The van der Waals surface area contributed by atoms with Gasteiger partial charge in [0.1, 0.15) is 0 Å². The molecule has 0 saturated carbocycles. The maximum Gasteiger partial charge on any atom is 0.0198 e. The number of aryl methyl sites for hydroxylation is 1. The van der Waals surface area contributed by atoms with Crippen molar-refractivity contribution in [3.63, 3.8) is 0 Å². The zero-order valence-electron chi connectivity index (χ0n) is 10.5. The Kier molecular flexibility index (Phi) is 3.62. The van der Waals surface area contributed by atoms with Gasteiger partial charge >= 0.3 is 0 Å². The highest BCUT2D eigenvalue weighted by atomic mass is 15.1. The number of hydrogen-bond donors (Lipinski definition) is 1. The molecule has 0 bridgehead atoms. The monoisotopic (exact) mass is 218 g/mol. The lowest BCUT2D eigenvalue weighted by molar-refractivity contribution is 0.210. The predicted octanol–water partition coefficient (Wildman–Crippen LogP) is 2.00. The minimum absolute atomic E-state index is 0.630. The molecule has 2 unspecified atom stereocenters. The van der Waals surface area contributed by atoms with Crippen LogP contribution in [-0.4, -0.2) is 38.1 Å². The van der Waals surface area contributed by atoms with Crippen molar-refractivity contribution >= 4 is 0 Å². The van der Waals surface area contributed by atoms with Crippen molar-refractivity contribution in [2.24, 2.45) is 0 Å². The van der Waals surface area contributed by atoms with Gasteiger partial charge in [0.25, 0.3) is 0 Å². The molecular weight excluding hydrogens is 196 g/mol. The smallest absolute Gasteiger partial charge is 0.0198 e. The van der Waals surface area contributed by atoms with Gasteiger partial charge in [0.15, 0.2) is 0 Å². The lowest BCUT2D eigenvalue weighted by Gasteiger charge is -2.35. The van der Waals surface area contributed by atoms with Crippen LogP contribution < -0.4 is 5.32 Å². The zero-order valence-corrected chi connectivity index (χ0v) is 10.5. The second-order valence-corrected chi connectivity index (χ2v) is 5.05. The second kappa shape index (κ2) is 4.98. The standard InChI is InChI=1S/C14H22N2/c1-11-4-6-12(7-5-11)13-8-14(15-2)10-16(3)9-13/h4-7,13-15H,8-10H2,1-3H3. The number of likely N-dealkylation sites (N-methyl/N-ethyl adjacent to an activating group) is 2. The summed E-state index contributed by atoms with van der Waals surface area (Å²) >= 11 is 0. The Morgan fingerprint density at radius 3 is 2.50 bits per heavy atom. The van der Waals surface area contributed by atoms with E-state index >= 15 is 0 Å². The number of piperidine rings is 1. The lowest BCUT2D eigenvalue weighted by atomic mass is 9.88. The first-order valence-corrected chi connectivity index (χ1v) is 6.11. The molecule has 1 aromatic rings. The maximum atomic E-state index is 3.40. The summed E-state index contributed by atoms with van der Waals surface area (Å²) in [5.41, 5.74) is 2.83. The van der Waals surface area contributed by atoms with Crippen molar-refractivity contribution in [1.29, 1.82) is 0 Å². The van der Waals surface area contributed by atoms with Gasteiger partial charge in [-0.15, -0.1) is 0 Å². The molecule has 0 aliphatic carbocycles. The molecule has 1 heterocycles. The van der Waals surface area contributed by atoms with Crippen molar-refractivity contribution < 1.29 is 0 Å². The number of likely N-dealkylation sites (tertiary alicyclic amines) is 1. The van der Waals surface area contributed by atoms with Gasteiger partial charge in [-0.1, -0.05) is 29.8 Å². The van der Waals surface area contributed by atoms with Gasteiger partial charge in [0.05, 0.1) is 0 Å². The van der Waals surface area contributed by atoms with Crippen LogP contribution in [0.15, 0.2) is 24.3 Å². The summed E-state index contributed by atoms with van der Waals surface area (Å²) in [6, 6.07) is 9.64. The molecule has 1 aromatic carbocycles. The van der Waals surface area contributed by atoms with Gasteiger partial charge in [-0.2, -0.15) is 0 Å². The van der Waals surface area contributed by atoms with E-state index in [1.54, 1.807) is 0 Å². The topological polar surface area (TPSA) is 15.3 Å². The Morgan fingerprint density at radius 1 is 1.19 bits per heavy atom. The lowest BCUT2D eigenvalue weighted by Crippen LogP contribution is -2.45. The van der Waals surface area contributed by atoms with Crippen molar-refractivity contribution in [2.75, 3.05) is 27.2 Å². The van der Waals surface area contributed by atoms with Gasteiger partial charge in [-0.25, -0.2) is 0 Å². The van der Waals surface area contributed by atoms with E-state index in [0.717, 1.165) is 0 Å². The molecule has 1 fully saturated rings. The van der Waals surface area contributed by atoms with E-state index in [9.17, 15) is 0 Å². The van der Waals surface area contributed by atoms with Crippen LogP contribution in [0.4, 0.5) is 0 Å². The van der Waals surface area contributed by atoms with E-state index in [2.05, 4.69) is 55.5 Å². The number of benzene rings is 1. The van der Waals surface area contributed by atoms with Crippen molar-refractivity contribution in [2.45, 2.75) is 25.3 Å². The predicted molar refractivity (Wildman–Crippen MR) is 68.9 cm³/mol. The molecule has 0 amide bonds. The highest BCUT2D eigenvalue weighted by molar-refractivity contribution is 5.25. The average Bonchev–Trinajstić information content (AvgIpc) is 2.29. The molecule has 2 nitrogen and oxygen atoms in total. The van der Waals surface area contributed by atoms with E-state index in [4.69, 9.17) is 0 Å². The molecule has 0 aromatic heterocycles. The molecule has 1 aliphatic rings. The van der Waals surface area contributed by atoms with E-state index in [1.165, 1.54) is 30.6 Å². The van der Waals surface area contributed by atoms with Crippen LogP contribution in [0, 0.1) is 6.92 Å². The Balaban J connectivity index is 2.11. The highest BCUT2D eigenvalue weighted by Gasteiger charge is 2.24. The molecule has 2 rings (SSSR count). The van der Waals surface area contributed by atoms with Crippen LogP contribution in [0.1, 0.15) is 23.5 Å². The Morgan fingerprint density at radius 2 is 1.88 bits per heavy atom. The first-order valence-electron chi connectivity index (χ1n) is 6.11. The van der Waals surface area contributed by atoms with E-state index < -0.39 is 0 Å². The molecule has 1 aliphatic heterocycles. The third-order valence-electron chi connectivity index (χ3n) is 3.59. The minimum Gasteiger partial charge on any atom is -0.316 e. The fraction of sp³-hybridized carbons (Fsp3) is 0.571. The Labute approximate surface area is 98.7 Å². The Bertz CT molecular complexity index is 331. The van der Waals surface area contributed by atoms with Crippen molar-refractivity contribution in [3.8, 4) is 0 Å². The summed E-state index contributed by atoms with van der Waals surface area (Å²) < 4.78 is 0. The summed E-state index contributed by atoms with van der Waals surface area (Å²) in [5, 5.41) is 3.40. The summed E-state index contributed by atoms with van der Waals surface area (Å²) in [6.45, 7) is 4.49. The van der Waals surface area contributed by atoms with Gasteiger partial charge < -0.3 is 10.2 Å². The van der Waals surface area contributed by atoms with Crippen LogP contribution in [0.5, 0.6) is 0 Å². The van der Waals surface area contributed by atoms with Gasteiger partial charge in [0.2, 0.25) is 0 Å². The summed E-state index contributed by atoms with van der Waals surface area (Å²) in [6.07, 6.45) is 1.25. The second-order valence-electron chi connectivity index (χ2n) is 5.05. The van der Waals surface area contributed by atoms with Crippen molar-refractivity contribution in [3.05, 3.63) is 35.4 Å². The summed E-state index contributed by atoms with van der Waals surface area (Å²) in [7, 11) is 4.28. The third-order valence-corrected chi connectivity index (χ3v) is 3.59. The van der Waals surface area contributed by atoms with E-state index in [0.29, 0.717) is 12.0 Å². The molecule has 0 radical (unpaired) electrons. The fourth-order valence-electron chi connectivity index (χ4n) is 2.61. The van der Waals surface area contributed by atoms with Gasteiger partial charge in [-0.05, 0) is 38.9 Å². The van der Waals surface area contributed by atoms with Crippen LogP contribution in [-0.2, 0) is 0 Å². The number of hydrogen-bond acceptors (Lipinski definition) is 2. The quantitative estimate of drug-likeness (QED) is 0.817. The molecule has 16 heavy (non-hydrogen) atoms. The summed E-state index contributed by atoms with van der Waals surface area (Å²) in [5.74, 6) is 0.678. The average molecular weight is 218 g/mol. The molecule has 2 atom stereocenters. The Hall–Kier alpha value is -0.860. The number of rotatable bonds is 2. The van der Waals surface area contributed by atoms with E-state index in [1.807, 2.05) is 0 Å². The van der Waals surface area contributed by atoms with Crippen LogP contribution in [0.25, 0.3) is 0 Å². The molecule has 2 heteroatoms. The highest BCUT2D eigenvalue weighted by Crippen LogP contribution is 2.26. The van der Waals surface area contributed by atoms with Gasteiger partial charge in [0, 0.05) is 19.1 Å². The molecular formula is C14H22N2. The SMILES string of the molecule is CNC1CC(c2ccc(C)cc2)CN(C)C1. The number of nitrogens with zero attached hydrogens (tertiary/aromatic N) is 1. The fourth-order valence-corrected chi connectivity index (χ4v) is 2.61. The van der Waals surface area contributed by atoms with Crippen LogP contribution in [0.3, 0.4) is 0 Å². The first-order chi connectivity index (χ1) is 7.69. The molecule has 0 spiro atoms. The normalized spacial score (nSPS) is 26.9. The van der Waals surface area contributed by atoms with E-state index in [-0.39, 0.29) is 0 Å². The molecule has 1 saturated heterocycles. The van der Waals surface area contributed by atoms with Crippen molar-refractivity contribution in [1.82, 2.24) is 10.2 Å². The zero-order chi connectivity index (χ0) is 11.5. The van der Waals surface area contributed by atoms with Gasteiger partial charge in [-0.3, -0.25) is 0 Å². The molecule has 88 valence electrons.